The standard InChI is InChI=1S/C14H34O4Si3/c1-11(2)9-15-10-21(14(7)8)17-19(12(3)4)16-20(18-21)13(5)6/h11-14,19-20H,9-10H2,1-8H3. The van der Waals surface area contributed by atoms with Gasteiger partial charge in [0.25, 0.3) is 0 Å². The van der Waals surface area contributed by atoms with Gasteiger partial charge in [-0.3, -0.25) is 0 Å². The Morgan fingerprint density at radius 1 is 0.857 bits per heavy atom. The molecule has 21 heavy (non-hydrogen) atoms. The summed E-state index contributed by atoms with van der Waals surface area (Å²) in [6, 6.07) is 0. The lowest BCUT2D eigenvalue weighted by molar-refractivity contribution is 0.110. The van der Waals surface area contributed by atoms with Gasteiger partial charge in [0, 0.05) is 6.61 Å². The minimum atomic E-state index is -2.30. The van der Waals surface area contributed by atoms with Crippen LogP contribution in [0.15, 0.2) is 0 Å². The molecule has 0 aromatic carbocycles. The van der Waals surface area contributed by atoms with Gasteiger partial charge in [-0.05, 0) is 22.5 Å². The van der Waals surface area contributed by atoms with E-state index in [9.17, 15) is 0 Å². The van der Waals surface area contributed by atoms with Crippen LogP contribution in [0.5, 0.6) is 0 Å². The highest BCUT2D eigenvalue weighted by molar-refractivity contribution is 6.84. The molecule has 1 aliphatic heterocycles. The van der Waals surface area contributed by atoms with Crippen molar-refractivity contribution in [3.05, 3.63) is 0 Å². The van der Waals surface area contributed by atoms with Gasteiger partial charge in [-0.25, -0.2) is 0 Å². The summed E-state index contributed by atoms with van der Waals surface area (Å²) in [6.07, 6.45) is 0.651. The number of ether oxygens (including phenoxy) is 1. The van der Waals surface area contributed by atoms with Crippen molar-refractivity contribution in [2.45, 2.75) is 72.0 Å². The van der Waals surface area contributed by atoms with E-state index in [0.717, 1.165) is 6.61 Å². The summed E-state index contributed by atoms with van der Waals surface area (Å²) >= 11 is 0. The lowest BCUT2D eigenvalue weighted by atomic mass is 10.2. The van der Waals surface area contributed by atoms with Crippen molar-refractivity contribution < 1.29 is 17.1 Å². The zero-order valence-corrected chi connectivity index (χ0v) is 18.3. The lowest BCUT2D eigenvalue weighted by Crippen LogP contribution is -2.63. The van der Waals surface area contributed by atoms with Crippen LogP contribution in [0, 0.1) is 5.92 Å². The van der Waals surface area contributed by atoms with Crippen molar-refractivity contribution in [2.24, 2.45) is 5.92 Å². The third-order valence-electron chi connectivity index (χ3n) is 3.62. The molecule has 1 fully saturated rings. The van der Waals surface area contributed by atoms with Gasteiger partial charge >= 0.3 is 27.1 Å². The van der Waals surface area contributed by atoms with Crippen molar-refractivity contribution in [1.29, 1.82) is 0 Å². The van der Waals surface area contributed by atoms with Gasteiger partial charge < -0.3 is 17.1 Å². The smallest absolute Gasteiger partial charge is 0.349 e. The summed E-state index contributed by atoms with van der Waals surface area (Å²) in [7, 11) is -5.59. The molecule has 0 aliphatic carbocycles. The molecule has 0 amide bonds. The first-order valence-corrected chi connectivity index (χ1v) is 13.6. The van der Waals surface area contributed by atoms with Crippen LogP contribution in [0.1, 0.15) is 55.4 Å². The molecule has 4 nitrogen and oxygen atoms in total. The third-order valence-corrected chi connectivity index (χ3v) is 15.4. The highest BCUT2D eigenvalue weighted by Gasteiger charge is 2.52. The second kappa shape index (κ2) is 8.37. The summed E-state index contributed by atoms with van der Waals surface area (Å²) in [5, 5.41) is 0. The number of hydrogen-bond donors (Lipinski definition) is 0. The number of rotatable bonds is 7. The second-order valence-electron chi connectivity index (χ2n) is 7.47. The molecule has 1 heterocycles. The Labute approximate surface area is 135 Å². The van der Waals surface area contributed by atoms with Crippen LogP contribution in [-0.2, 0) is 17.1 Å². The fraction of sp³-hybridized carbons (Fsp3) is 1.00. The minimum absolute atomic E-state index is 0.399. The van der Waals surface area contributed by atoms with E-state index < -0.39 is 27.1 Å². The van der Waals surface area contributed by atoms with Crippen molar-refractivity contribution >= 4 is 27.1 Å². The van der Waals surface area contributed by atoms with Crippen molar-refractivity contribution in [3.63, 3.8) is 0 Å². The van der Waals surface area contributed by atoms with E-state index in [2.05, 4.69) is 55.4 Å². The molecule has 0 radical (unpaired) electrons. The van der Waals surface area contributed by atoms with Gasteiger partial charge in [0.15, 0.2) is 0 Å². The quantitative estimate of drug-likeness (QED) is 0.660. The fourth-order valence-electron chi connectivity index (χ4n) is 2.14. The predicted octanol–water partition coefficient (Wildman–Crippen LogP) is 3.37. The highest BCUT2D eigenvalue weighted by atomic mass is 28.5. The Morgan fingerprint density at radius 3 is 1.67 bits per heavy atom. The maximum atomic E-state index is 6.50. The molecule has 126 valence electrons. The predicted molar refractivity (Wildman–Crippen MR) is 94.3 cm³/mol. The maximum absolute atomic E-state index is 6.50. The fourth-order valence-corrected chi connectivity index (χ4v) is 16.7. The molecular weight excluding hydrogens is 316 g/mol. The zero-order chi connectivity index (χ0) is 16.2. The van der Waals surface area contributed by atoms with Gasteiger partial charge in [0.05, 0.1) is 6.23 Å². The monoisotopic (exact) mass is 350 g/mol. The van der Waals surface area contributed by atoms with Crippen molar-refractivity contribution in [1.82, 2.24) is 0 Å². The van der Waals surface area contributed by atoms with E-state index in [1.54, 1.807) is 0 Å². The first-order chi connectivity index (χ1) is 9.68. The first kappa shape index (κ1) is 19.5. The van der Waals surface area contributed by atoms with Gasteiger partial charge in [-0.1, -0.05) is 55.4 Å². The van der Waals surface area contributed by atoms with Gasteiger partial charge in [-0.15, -0.1) is 0 Å². The SMILES string of the molecule is CC(C)COC[Si]1(C(C)C)O[SiH](C(C)C)O[SiH](C(C)C)O1. The Balaban J connectivity index is 2.87. The molecular formula is C14H34O4Si3. The van der Waals surface area contributed by atoms with Crippen LogP contribution in [0.25, 0.3) is 0 Å². The van der Waals surface area contributed by atoms with Gasteiger partial charge in [0.2, 0.25) is 0 Å². The van der Waals surface area contributed by atoms with Crippen molar-refractivity contribution in [2.75, 3.05) is 12.8 Å². The second-order valence-corrected chi connectivity index (χ2v) is 17.7. The van der Waals surface area contributed by atoms with E-state index in [1.165, 1.54) is 0 Å². The van der Waals surface area contributed by atoms with E-state index >= 15 is 0 Å². The van der Waals surface area contributed by atoms with Crippen molar-refractivity contribution in [3.8, 4) is 0 Å². The normalized spacial score (nSPS) is 30.9. The summed E-state index contributed by atoms with van der Waals surface area (Å²) < 4.78 is 25.2. The summed E-state index contributed by atoms with van der Waals surface area (Å²) in [6.45, 7) is 18.4. The molecule has 7 heteroatoms. The first-order valence-electron chi connectivity index (χ1n) is 8.26. The Kier molecular flexibility index (Phi) is 7.79. The molecule has 1 aliphatic rings. The average Bonchev–Trinajstić information content (AvgIpc) is 2.37. The zero-order valence-electron chi connectivity index (χ0n) is 15.0. The highest BCUT2D eigenvalue weighted by Crippen LogP contribution is 2.34. The molecule has 1 saturated heterocycles. The Morgan fingerprint density at radius 2 is 1.33 bits per heavy atom. The maximum Gasteiger partial charge on any atom is 0.349 e. The van der Waals surface area contributed by atoms with E-state index in [-0.39, 0.29) is 0 Å². The van der Waals surface area contributed by atoms with Gasteiger partial charge in [-0.2, -0.15) is 0 Å². The van der Waals surface area contributed by atoms with E-state index in [1.807, 2.05) is 0 Å². The lowest BCUT2D eigenvalue weighted by Gasteiger charge is -2.46. The van der Waals surface area contributed by atoms with Crippen LogP contribution in [0.3, 0.4) is 0 Å². The Bertz CT molecular complexity index is 295. The topological polar surface area (TPSA) is 36.9 Å². The van der Waals surface area contributed by atoms with E-state index in [4.69, 9.17) is 17.1 Å². The molecule has 2 atom stereocenters. The van der Waals surface area contributed by atoms with Crippen LogP contribution in [0.2, 0.25) is 16.6 Å². The molecule has 0 aromatic heterocycles. The molecule has 0 spiro atoms. The molecule has 0 N–H and O–H groups in total. The summed E-state index contributed by atoms with van der Waals surface area (Å²) in [4.78, 5) is 0. The molecule has 2 unspecified atom stereocenters. The largest absolute Gasteiger partial charge is 0.420 e. The average molecular weight is 351 g/mol. The number of hydrogen-bond acceptors (Lipinski definition) is 4. The van der Waals surface area contributed by atoms with Crippen LogP contribution < -0.4 is 0 Å². The minimum Gasteiger partial charge on any atom is -0.420 e. The Hall–Kier alpha value is 0.491. The van der Waals surface area contributed by atoms with Crippen LogP contribution in [0.4, 0.5) is 0 Å². The molecule has 0 aromatic rings. The third kappa shape index (κ3) is 5.56. The van der Waals surface area contributed by atoms with Gasteiger partial charge in [0.1, 0.15) is 0 Å². The molecule has 1 rings (SSSR count). The summed E-state index contributed by atoms with van der Waals surface area (Å²) in [5.41, 5.74) is 1.37. The van der Waals surface area contributed by atoms with Crippen LogP contribution >= 0.6 is 0 Å². The van der Waals surface area contributed by atoms with Crippen LogP contribution in [-0.4, -0.2) is 40.0 Å². The summed E-state index contributed by atoms with van der Waals surface area (Å²) in [5.74, 6) is 0.541. The van der Waals surface area contributed by atoms with E-state index in [0.29, 0.717) is 28.8 Å². The molecule has 0 bridgehead atoms. The molecule has 0 saturated carbocycles.